The van der Waals surface area contributed by atoms with Crippen LogP contribution in [-0.2, 0) is 11.3 Å². The van der Waals surface area contributed by atoms with E-state index in [9.17, 15) is 4.79 Å². The van der Waals surface area contributed by atoms with Crippen LogP contribution in [0.15, 0.2) is 24.3 Å². The van der Waals surface area contributed by atoms with Crippen molar-refractivity contribution < 1.29 is 4.79 Å². The van der Waals surface area contributed by atoms with Crippen molar-refractivity contribution in [3.05, 3.63) is 34.9 Å². The van der Waals surface area contributed by atoms with Crippen LogP contribution in [0.5, 0.6) is 0 Å². The molecule has 1 aromatic rings. The molecule has 2 fully saturated rings. The summed E-state index contributed by atoms with van der Waals surface area (Å²) in [7, 11) is 0. The zero-order valence-electron chi connectivity index (χ0n) is 14.4. The fourth-order valence-corrected chi connectivity index (χ4v) is 3.69. The summed E-state index contributed by atoms with van der Waals surface area (Å²) >= 11 is 6.24. The summed E-state index contributed by atoms with van der Waals surface area (Å²) in [6.45, 7) is 4.86. The van der Waals surface area contributed by atoms with E-state index in [4.69, 9.17) is 11.6 Å². The summed E-state index contributed by atoms with van der Waals surface area (Å²) in [5, 5.41) is 7.23. The molecule has 1 aromatic carbocycles. The molecule has 2 heterocycles. The minimum absolute atomic E-state index is 0. The monoisotopic (exact) mass is 407 g/mol. The van der Waals surface area contributed by atoms with E-state index in [2.05, 4.69) is 21.6 Å². The second-order valence-electron chi connectivity index (χ2n) is 6.71. The van der Waals surface area contributed by atoms with E-state index in [1.165, 1.54) is 5.56 Å². The molecule has 0 radical (unpaired) electrons. The van der Waals surface area contributed by atoms with E-state index < -0.39 is 0 Å². The fourth-order valence-electron chi connectivity index (χ4n) is 3.49. The standard InChI is InChI=1S/C18H26ClN3O.2ClH/c19-16-5-2-1-4-15(16)13-22-10-7-14(8-11-22)12-21-18(23)17-6-3-9-20-17;;/h1-2,4-5,14,17,20H,3,6-13H2,(H,21,23);2*1H. The summed E-state index contributed by atoms with van der Waals surface area (Å²) in [5.74, 6) is 0.781. The number of carbonyl (C=O) groups is 1. The fraction of sp³-hybridized carbons (Fsp3) is 0.611. The first kappa shape index (κ1) is 22.5. The molecular formula is C18H28Cl3N3O. The van der Waals surface area contributed by atoms with Crippen molar-refractivity contribution in [3.63, 3.8) is 0 Å². The number of halogens is 3. The Balaban J connectivity index is 0.00000156. The Kier molecular flexibility index (Phi) is 10.1. The number of nitrogens with one attached hydrogen (secondary N) is 2. The molecule has 0 saturated carbocycles. The molecule has 142 valence electrons. The highest BCUT2D eigenvalue weighted by Crippen LogP contribution is 2.22. The van der Waals surface area contributed by atoms with Gasteiger partial charge in [-0.3, -0.25) is 9.69 Å². The van der Waals surface area contributed by atoms with Gasteiger partial charge in [-0.05, 0) is 62.9 Å². The molecule has 7 heteroatoms. The number of amides is 1. The van der Waals surface area contributed by atoms with Gasteiger partial charge in [0, 0.05) is 18.1 Å². The van der Waals surface area contributed by atoms with Gasteiger partial charge in [0.1, 0.15) is 0 Å². The molecule has 1 unspecified atom stereocenters. The van der Waals surface area contributed by atoms with Crippen LogP contribution in [0.25, 0.3) is 0 Å². The second-order valence-corrected chi connectivity index (χ2v) is 7.11. The summed E-state index contributed by atoms with van der Waals surface area (Å²) in [6.07, 6.45) is 4.37. The van der Waals surface area contributed by atoms with Crippen LogP contribution >= 0.6 is 36.4 Å². The number of likely N-dealkylation sites (tertiary alicyclic amines) is 1. The molecule has 1 amide bonds. The summed E-state index contributed by atoms with van der Waals surface area (Å²) in [5.41, 5.74) is 1.20. The average Bonchev–Trinajstić information content (AvgIpc) is 3.11. The second kappa shape index (κ2) is 11.2. The van der Waals surface area contributed by atoms with Gasteiger partial charge in [-0.2, -0.15) is 0 Å². The third-order valence-corrected chi connectivity index (χ3v) is 5.37. The van der Waals surface area contributed by atoms with E-state index in [-0.39, 0.29) is 36.8 Å². The van der Waals surface area contributed by atoms with Crippen molar-refractivity contribution >= 4 is 42.3 Å². The number of hydrogen-bond donors (Lipinski definition) is 2. The molecule has 2 aliphatic heterocycles. The molecule has 1 atom stereocenters. The summed E-state index contributed by atoms with van der Waals surface area (Å²) in [6, 6.07) is 8.11. The van der Waals surface area contributed by atoms with Crippen molar-refractivity contribution in [2.75, 3.05) is 26.2 Å². The number of hydrogen-bond acceptors (Lipinski definition) is 3. The van der Waals surface area contributed by atoms with Crippen LogP contribution in [0.2, 0.25) is 5.02 Å². The lowest BCUT2D eigenvalue weighted by Crippen LogP contribution is -2.44. The minimum atomic E-state index is 0. The molecule has 0 aromatic heterocycles. The molecule has 0 aliphatic carbocycles. The molecular weight excluding hydrogens is 381 g/mol. The first-order chi connectivity index (χ1) is 11.2. The van der Waals surface area contributed by atoms with Gasteiger partial charge in [-0.25, -0.2) is 0 Å². The quantitative estimate of drug-likeness (QED) is 0.786. The average molecular weight is 409 g/mol. The molecule has 0 spiro atoms. The molecule has 2 N–H and O–H groups in total. The van der Waals surface area contributed by atoms with E-state index in [0.29, 0.717) is 5.92 Å². The van der Waals surface area contributed by atoms with Gasteiger partial charge in [0.05, 0.1) is 6.04 Å². The summed E-state index contributed by atoms with van der Waals surface area (Å²) < 4.78 is 0. The molecule has 25 heavy (non-hydrogen) atoms. The molecule has 0 bridgehead atoms. The Bertz CT molecular complexity index is 530. The largest absolute Gasteiger partial charge is 0.354 e. The zero-order chi connectivity index (χ0) is 16.1. The highest BCUT2D eigenvalue weighted by Gasteiger charge is 2.24. The number of benzene rings is 1. The van der Waals surface area contributed by atoms with Gasteiger partial charge in [-0.15, -0.1) is 24.8 Å². The predicted octanol–water partition coefficient (Wildman–Crippen LogP) is 3.26. The van der Waals surface area contributed by atoms with Crippen molar-refractivity contribution in [1.82, 2.24) is 15.5 Å². The Morgan fingerprint density at radius 2 is 1.92 bits per heavy atom. The Morgan fingerprint density at radius 3 is 2.56 bits per heavy atom. The number of carbonyl (C=O) groups excluding carboxylic acids is 1. The van der Waals surface area contributed by atoms with Gasteiger partial charge in [-0.1, -0.05) is 29.8 Å². The smallest absolute Gasteiger partial charge is 0.237 e. The van der Waals surface area contributed by atoms with Crippen molar-refractivity contribution in [2.24, 2.45) is 5.92 Å². The Labute approximate surface area is 167 Å². The normalized spacial score (nSPS) is 21.2. The third kappa shape index (κ3) is 6.61. The third-order valence-electron chi connectivity index (χ3n) is 5.00. The lowest BCUT2D eigenvalue weighted by Gasteiger charge is -2.32. The van der Waals surface area contributed by atoms with Crippen LogP contribution in [0.1, 0.15) is 31.2 Å². The minimum Gasteiger partial charge on any atom is -0.354 e. The number of nitrogens with zero attached hydrogens (tertiary/aromatic N) is 1. The maximum absolute atomic E-state index is 12.0. The Morgan fingerprint density at radius 1 is 1.20 bits per heavy atom. The maximum atomic E-state index is 12.0. The molecule has 4 nitrogen and oxygen atoms in total. The van der Waals surface area contributed by atoms with Gasteiger partial charge >= 0.3 is 0 Å². The highest BCUT2D eigenvalue weighted by molar-refractivity contribution is 6.31. The first-order valence-electron chi connectivity index (χ1n) is 8.69. The number of rotatable bonds is 5. The van der Waals surface area contributed by atoms with Crippen molar-refractivity contribution in [2.45, 2.75) is 38.3 Å². The van der Waals surface area contributed by atoms with Crippen LogP contribution < -0.4 is 10.6 Å². The van der Waals surface area contributed by atoms with Crippen LogP contribution in [0, 0.1) is 5.92 Å². The SMILES string of the molecule is Cl.Cl.O=C(NCC1CCN(Cc2ccccc2Cl)CC1)C1CCCN1. The van der Waals surface area contributed by atoms with Gasteiger partial charge in [0.25, 0.3) is 0 Å². The van der Waals surface area contributed by atoms with Crippen molar-refractivity contribution in [1.29, 1.82) is 0 Å². The van der Waals surface area contributed by atoms with E-state index in [0.717, 1.165) is 63.4 Å². The topological polar surface area (TPSA) is 44.4 Å². The Hall–Kier alpha value is -0.520. The van der Waals surface area contributed by atoms with Gasteiger partial charge in [0.2, 0.25) is 5.91 Å². The van der Waals surface area contributed by atoms with Gasteiger partial charge in [0.15, 0.2) is 0 Å². The van der Waals surface area contributed by atoms with E-state index in [1.807, 2.05) is 18.2 Å². The lowest BCUT2D eigenvalue weighted by molar-refractivity contribution is -0.123. The van der Waals surface area contributed by atoms with E-state index in [1.54, 1.807) is 0 Å². The van der Waals surface area contributed by atoms with E-state index >= 15 is 0 Å². The summed E-state index contributed by atoms with van der Waals surface area (Å²) in [4.78, 5) is 14.5. The zero-order valence-corrected chi connectivity index (χ0v) is 16.8. The van der Waals surface area contributed by atoms with Crippen molar-refractivity contribution in [3.8, 4) is 0 Å². The number of piperidine rings is 1. The van der Waals surface area contributed by atoms with Crippen LogP contribution in [-0.4, -0.2) is 43.0 Å². The molecule has 2 saturated heterocycles. The van der Waals surface area contributed by atoms with Crippen LogP contribution in [0.3, 0.4) is 0 Å². The molecule has 3 rings (SSSR count). The predicted molar refractivity (Wildman–Crippen MR) is 108 cm³/mol. The molecule has 2 aliphatic rings. The van der Waals surface area contributed by atoms with Gasteiger partial charge < -0.3 is 10.6 Å². The lowest BCUT2D eigenvalue weighted by atomic mass is 9.96. The van der Waals surface area contributed by atoms with Crippen LogP contribution in [0.4, 0.5) is 0 Å². The first-order valence-corrected chi connectivity index (χ1v) is 9.07. The maximum Gasteiger partial charge on any atom is 0.237 e. The highest BCUT2D eigenvalue weighted by atomic mass is 35.5.